The van der Waals surface area contributed by atoms with Crippen molar-refractivity contribution < 1.29 is 4.79 Å². The highest BCUT2D eigenvalue weighted by Crippen LogP contribution is 1.98. The van der Waals surface area contributed by atoms with Gasteiger partial charge in [-0.25, -0.2) is 9.97 Å². The Kier molecular flexibility index (Phi) is 4.21. The van der Waals surface area contributed by atoms with Crippen LogP contribution in [0.4, 0.5) is 0 Å². The average Bonchev–Trinajstić information content (AvgIpc) is 2.18. The maximum Gasteiger partial charge on any atom is 0.254 e. The Hall–Kier alpha value is -1.45. The van der Waals surface area contributed by atoms with Crippen molar-refractivity contribution in [3.05, 3.63) is 23.8 Å². The van der Waals surface area contributed by atoms with Gasteiger partial charge in [0.15, 0.2) is 0 Å². The Labute approximate surface area is 90.1 Å². The van der Waals surface area contributed by atoms with Gasteiger partial charge < -0.3 is 5.32 Å². The van der Waals surface area contributed by atoms with E-state index in [0.29, 0.717) is 23.9 Å². The van der Waals surface area contributed by atoms with E-state index >= 15 is 0 Å². The summed E-state index contributed by atoms with van der Waals surface area (Å²) in [5.41, 5.74) is 0.518. The molecular formula is C11H17N3O. The molecule has 0 spiro atoms. The summed E-state index contributed by atoms with van der Waals surface area (Å²) in [7, 11) is 0. The Morgan fingerprint density at radius 2 is 2.00 bits per heavy atom. The fraction of sp³-hybridized carbons (Fsp3) is 0.545. The second-order valence-electron chi connectivity index (χ2n) is 3.96. The zero-order chi connectivity index (χ0) is 11.3. The van der Waals surface area contributed by atoms with Gasteiger partial charge in [0.2, 0.25) is 0 Å². The van der Waals surface area contributed by atoms with Gasteiger partial charge in [-0.05, 0) is 19.3 Å². The van der Waals surface area contributed by atoms with Gasteiger partial charge in [0.25, 0.3) is 5.91 Å². The molecule has 0 aromatic carbocycles. The second-order valence-corrected chi connectivity index (χ2v) is 3.96. The quantitative estimate of drug-likeness (QED) is 0.815. The van der Waals surface area contributed by atoms with E-state index in [-0.39, 0.29) is 5.91 Å². The lowest BCUT2D eigenvalue weighted by Gasteiger charge is -2.06. The SMILES string of the molecule is Cc1ncc(C(=O)NCCC(C)C)cn1. The molecule has 1 amide bonds. The van der Waals surface area contributed by atoms with Crippen molar-refractivity contribution in [3.63, 3.8) is 0 Å². The van der Waals surface area contributed by atoms with E-state index in [9.17, 15) is 4.79 Å². The molecule has 4 nitrogen and oxygen atoms in total. The summed E-state index contributed by atoms with van der Waals surface area (Å²) in [4.78, 5) is 19.5. The van der Waals surface area contributed by atoms with Gasteiger partial charge >= 0.3 is 0 Å². The van der Waals surface area contributed by atoms with Crippen molar-refractivity contribution in [1.29, 1.82) is 0 Å². The van der Waals surface area contributed by atoms with E-state index in [1.165, 1.54) is 0 Å². The Morgan fingerprint density at radius 3 is 2.53 bits per heavy atom. The number of nitrogens with one attached hydrogen (secondary N) is 1. The summed E-state index contributed by atoms with van der Waals surface area (Å²) < 4.78 is 0. The molecule has 0 radical (unpaired) electrons. The molecule has 0 aliphatic carbocycles. The second kappa shape index (κ2) is 5.44. The molecule has 0 aliphatic heterocycles. The third kappa shape index (κ3) is 4.06. The maximum absolute atomic E-state index is 11.5. The van der Waals surface area contributed by atoms with E-state index < -0.39 is 0 Å². The van der Waals surface area contributed by atoms with Crippen molar-refractivity contribution in [1.82, 2.24) is 15.3 Å². The number of hydrogen-bond acceptors (Lipinski definition) is 3. The highest BCUT2D eigenvalue weighted by molar-refractivity contribution is 5.93. The predicted octanol–water partition coefficient (Wildman–Crippen LogP) is 1.56. The van der Waals surface area contributed by atoms with Crippen LogP contribution in [-0.4, -0.2) is 22.4 Å². The first kappa shape index (κ1) is 11.6. The van der Waals surface area contributed by atoms with Crippen LogP contribution in [0.15, 0.2) is 12.4 Å². The van der Waals surface area contributed by atoms with Gasteiger partial charge in [-0.15, -0.1) is 0 Å². The molecule has 1 heterocycles. The first-order valence-corrected chi connectivity index (χ1v) is 5.16. The van der Waals surface area contributed by atoms with Crippen molar-refractivity contribution >= 4 is 5.91 Å². The monoisotopic (exact) mass is 207 g/mol. The molecule has 1 aromatic rings. The zero-order valence-electron chi connectivity index (χ0n) is 9.45. The lowest BCUT2D eigenvalue weighted by Crippen LogP contribution is -2.25. The Bertz CT molecular complexity index is 319. The van der Waals surface area contributed by atoms with Crippen LogP contribution < -0.4 is 5.32 Å². The largest absolute Gasteiger partial charge is 0.352 e. The predicted molar refractivity (Wildman–Crippen MR) is 58.6 cm³/mol. The lowest BCUT2D eigenvalue weighted by molar-refractivity contribution is 0.0951. The molecule has 15 heavy (non-hydrogen) atoms. The van der Waals surface area contributed by atoms with Gasteiger partial charge in [0.1, 0.15) is 5.82 Å². The van der Waals surface area contributed by atoms with Crippen molar-refractivity contribution in [2.75, 3.05) is 6.54 Å². The summed E-state index contributed by atoms with van der Waals surface area (Å²) in [5, 5.41) is 2.83. The molecule has 1 N–H and O–H groups in total. The number of rotatable bonds is 4. The molecular weight excluding hydrogens is 190 g/mol. The minimum atomic E-state index is -0.101. The van der Waals surface area contributed by atoms with Crippen LogP contribution in [0.1, 0.15) is 36.5 Å². The number of carbonyl (C=O) groups excluding carboxylic acids is 1. The topological polar surface area (TPSA) is 54.9 Å². The summed E-state index contributed by atoms with van der Waals surface area (Å²) in [6.07, 6.45) is 4.08. The van der Waals surface area contributed by atoms with Crippen molar-refractivity contribution in [2.24, 2.45) is 5.92 Å². The molecule has 1 aromatic heterocycles. The van der Waals surface area contributed by atoms with Gasteiger partial charge in [-0.1, -0.05) is 13.8 Å². The first-order chi connectivity index (χ1) is 7.09. The summed E-state index contributed by atoms with van der Waals surface area (Å²) >= 11 is 0. The van der Waals surface area contributed by atoms with E-state index in [1.54, 1.807) is 19.3 Å². The minimum Gasteiger partial charge on any atom is -0.352 e. The van der Waals surface area contributed by atoms with Crippen molar-refractivity contribution in [2.45, 2.75) is 27.2 Å². The number of amides is 1. The number of aromatic nitrogens is 2. The van der Waals surface area contributed by atoms with Crippen LogP contribution >= 0.6 is 0 Å². The minimum absolute atomic E-state index is 0.101. The molecule has 0 fully saturated rings. The number of aryl methyl sites for hydroxylation is 1. The molecule has 0 saturated heterocycles. The molecule has 82 valence electrons. The summed E-state index contributed by atoms with van der Waals surface area (Å²) in [6.45, 7) is 6.74. The smallest absolute Gasteiger partial charge is 0.254 e. The number of nitrogens with zero attached hydrogens (tertiary/aromatic N) is 2. The van der Waals surface area contributed by atoms with Crippen LogP contribution in [0.25, 0.3) is 0 Å². The van der Waals surface area contributed by atoms with Crippen LogP contribution in [-0.2, 0) is 0 Å². The average molecular weight is 207 g/mol. The van der Waals surface area contributed by atoms with E-state index in [2.05, 4.69) is 29.1 Å². The van der Waals surface area contributed by atoms with Gasteiger partial charge in [-0.3, -0.25) is 4.79 Å². The Morgan fingerprint density at radius 1 is 1.40 bits per heavy atom. The highest BCUT2D eigenvalue weighted by Gasteiger charge is 2.05. The molecule has 0 atom stereocenters. The molecule has 0 bridgehead atoms. The molecule has 0 saturated carbocycles. The fourth-order valence-electron chi connectivity index (χ4n) is 1.09. The van der Waals surface area contributed by atoms with E-state index in [0.717, 1.165) is 6.42 Å². The Balaban J connectivity index is 2.43. The molecule has 0 unspecified atom stereocenters. The van der Waals surface area contributed by atoms with Gasteiger partial charge in [0.05, 0.1) is 5.56 Å². The number of hydrogen-bond donors (Lipinski definition) is 1. The summed E-state index contributed by atoms with van der Waals surface area (Å²) in [6, 6.07) is 0. The van der Waals surface area contributed by atoms with Crippen LogP contribution in [0.5, 0.6) is 0 Å². The van der Waals surface area contributed by atoms with Crippen molar-refractivity contribution in [3.8, 4) is 0 Å². The first-order valence-electron chi connectivity index (χ1n) is 5.16. The number of carbonyl (C=O) groups is 1. The van der Waals surface area contributed by atoms with Crippen LogP contribution in [0, 0.1) is 12.8 Å². The molecule has 4 heteroatoms. The normalized spacial score (nSPS) is 10.4. The van der Waals surface area contributed by atoms with E-state index in [4.69, 9.17) is 0 Å². The third-order valence-electron chi connectivity index (χ3n) is 2.05. The maximum atomic E-state index is 11.5. The van der Waals surface area contributed by atoms with Crippen LogP contribution in [0.2, 0.25) is 0 Å². The van der Waals surface area contributed by atoms with Crippen LogP contribution in [0.3, 0.4) is 0 Å². The standard InChI is InChI=1S/C11H17N3O/c1-8(2)4-5-12-11(15)10-6-13-9(3)14-7-10/h6-8H,4-5H2,1-3H3,(H,12,15). The molecule has 1 rings (SSSR count). The van der Waals surface area contributed by atoms with E-state index in [1.807, 2.05) is 0 Å². The van der Waals surface area contributed by atoms with Gasteiger partial charge in [0, 0.05) is 18.9 Å². The zero-order valence-corrected chi connectivity index (χ0v) is 9.45. The highest BCUT2D eigenvalue weighted by atomic mass is 16.1. The fourth-order valence-corrected chi connectivity index (χ4v) is 1.09. The third-order valence-corrected chi connectivity index (χ3v) is 2.05. The summed E-state index contributed by atoms with van der Waals surface area (Å²) in [5.74, 6) is 1.17. The molecule has 0 aliphatic rings. The lowest BCUT2D eigenvalue weighted by atomic mass is 10.1. The van der Waals surface area contributed by atoms with Gasteiger partial charge in [-0.2, -0.15) is 0 Å².